The third-order valence-electron chi connectivity index (χ3n) is 4.51. The highest BCUT2D eigenvalue weighted by Crippen LogP contribution is 2.36. The molecule has 0 radical (unpaired) electrons. The van der Waals surface area contributed by atoms with Gasteiger partial charge in [0.1, 0.15) is 17.4 Å². The van der Waals surface area contributed by atoms with E-state index in [9.17, 15) is 13.6 Å². The molecule has 1 aliphatic heterocycles. The molecule has 1 amide bonds. The van der Waals surface area contributed by atoms with Gasteiger partial charge < -0.3 is 9.64 Å². The molecule has 1 atom stereocenters. The minimum Gasteiger partial charge on any atom is -0.497 e. The Kier molecular flexibility index (Phi) is 6.14. The summed E-state index contributed by atoms with van der Waals surface area (Å²) in [5.41, 5.74) is 1.32. The Morgan fingerprint density at radius 2 is 1.96 bits per heavy atom. The zero-order valence-corrected chi connectivity index (χ0v) is 15.4. The van der Waals surface area contributed by atoms with Gasteiger partial charge in [0.05, 0.1) is 13.5 Å². The van der Waals surface area contributed by atoms with Crippen LogP contribution >= 0.6 is 11.8 Å². The van der Waals surface area contributed by atoms with Crippen molar-refractivity contribution in [1.82, 2.24) is 4.90 Å². The van der Waals surface area contributed by atoms with Gasteiger partial charge in [-0.1, -0.05) is 12.1 Å². The van der Waals surface area contributed by atoms with Crippen molar-refractivity contribution in [2.75, 3.05) is 26.0 Å². The molecule has 3 rings (SSSR count). The third kappa shape index (κ3) is 4.55. The second kappa shape index (κ2) is 8.54. The molecule has 6 heteroatoms. The Morgan fingerprint density at radius 1 is 1.19 bits per heavy atom. The van der Waals surface area contributed by atoms with Crippen molar-refractivity contribution in [3.63, 3.8) is 0 Å². The average molecular weight is 377 g/mol. The van der Waals surface area contributed by atoms with Crippen LogP contribution in [0.2, 0.25) is 0 Å². The van der Waals surface area contributed by atoms with Crippen LogP contribution in [0, 0.1) is 11.6 Å². The van der Waals surface area contributed by atoms with Gasteiger partial charge in [-0.15, -0.1) is 0 Å². The molecular weight excluding hydrogens is 356 g/mol. The number of amides is 1. The van der Waals surface area contributed by atoms with E-state index in [0.29, 0.717) is 37.2 Å². The van der Waals surface area contributed by atoms with Crippen LogP contribution in [0.5, 0.6) is 5.75 Å². The molecule has 1 saturated heterocycles. The molecule has 26 heavy (non-hydrogen) atoms. The van der Waals surface area contributed by atoms with E-state index in [4.69, 9.17) is 4.74 Å². The van der Waals surface area contributed by atoms with Crippen LogP contribution in [0.4, 0.5) is 8.78 Å². The van der Waals surface area contributed by atoms with Crippen molar-refractivity contribution in [3.05, 3.63) is 65.2 Å². The number of halogens is 2. The number of benzene rings is 2. The molecule has 0 N–H and O–H groups in total. The first-order chi connectivity index (χ1) is 12.6. The summed E-state index contributed by atoms with van der Waals surface area (Å²) in [7, 11) is 1.60. The molecule has 0 aromatic heterocycles. The van der Waals surface area contributed by atoms with Crippen molar-refractivity contribution in [2.24, 2.45) is 0 Å². The fourth-order valence-corrected chi connectivity index (χ4v) is 4.30. The van der Waals surface area contributed by atoms with Gasteiger partial charge in [-0.2, -0.15) is 11.8 Å². The molecule has 1 heterocycles. The smallest absolute Gasteiger partial charge is 0.227 e. The van der Waals surface area contributed by atoms with Crippen LogP contribution in [0.1, 0.15) is 22.8 Å². The minimum absolute atomic E-state index is 0.0520. The van der Waals surface area contributed by atoms with E-state index in [1.54, 1.807) is 18.9 Å². The lowest BCUT2D eigenvalue weighted by atomic mass is 10.1. The van der Waals surface area contributed by atoms with Crippen molar-refractivity contribution in [2.45, 2.75) is 18.1 Å². The number of hydrogen-bond acceptors (Lipinski definition) is 3. The minimum atomic E-state index is -0.432. The van der Waals surface area contributed by atoms with E-state index >= 15 is 0 Å². The number of methoxy groups -OCH3 is 1. The maximum Gasteiger partial charge on any atom is 0.227 e. The molecular formula is C20H21F2NO2S. The van der Waals surface area contributed by atoms with Gasteiger partial charge in [0.2, 0.25) is 5.91 Å². The fraction of sp³-hybridized carbons (Fsp3) is 0.350. The number of ether oxygens (including phenoxy) is 1. The van der Waals surface area contributed by atoms with Crippen LogP contribution in [-0.2, 0) is 11.2 Å². The molecule has 2 aromatic carbocycles. The number of nitrogens with zero attached hydrogens (tertiary/aromatic N) is 1. The fourth-order valence-electron chi connectivity index (χ4n) is 3.06. The van der Waals surface area contributed by atoms with Gasteiger partial charge in [-0.25, -0.2) is 8.78 Å². The molecule has 0 aliphatic carbocycles. The molecule has 1 fully saturated rings. The number of hydrogen-bond donors (Lipinski definition) is 0. The molecule has 1 unspecified atom stereocenters. The molecule has 0 spiro atoms. The predicted octanol–water partition coefficient (Wildman–Crippen LogP) is 4.22. The first-order valence-corrected chi connectivity index (χ1v) is 9.59. The van der Waals surface area contributed by atoms with E-state index in [-0.39, 0.29) is 17.0 Å². The number of rotatable bonds is 4. The maximum atomic E-state index is 14.0. The first kappa shape index (κ1) is 18.7. The van der Waals surface area contributed by atoms with Crippen molar-refractivity contribution in [3.8, 4) is 5.75 Å². The summed E-state index contributed by atoms with van der Waals surface area (Å²) in [6.07, 6.45) is 0.938. The van der Waals surface area contributed by atoms with E-state index in [2.05, 4.69) is 0 Å². The maximum absolute atomic E-state index is 14.0. The van der Waals surface area contributed by atoms with Gasteiger partial charge >= 0.3 is 0 Å². The zero-order valence-electron chi connectivity index (χ0n) is 14.6. The second-order valence-electron chi connectivity index (χ2n) is 6.22. The monoisotopic (exact) mass is 377 g/mol. The quantitative estimate of drug-likeness (QED) is 0.799. The number of carbonyl (C=O) groups is 1. The van der Waals surface area contributed by atoms with Crippen molar-refractivity contribution in [1.29, 1.82) is 0 Å². The number of carbonyl (C=O) groups excluding carboxylic acids is 1. The highest BCUT2D eigenvalue weighted by Gasteiger charge is 2.24. The largest absolute Gasteiger partial charge is 0.497 e. The highest BCUT2D eigenvalue weighted by molar-refractivity contribution is 7.99. The molecule has 138 valence electrons. The third-order valence-corrected chi connectivity index (χ3v) is 5.82. The molecule has 2 aromatic rings. The van der Waals surface area contributed by atoms with Crippen LogP contribution in [-0.4, -0.2) is 36.8 Å². The highest BCUT2D eigenvalue weighted by atomic mass is 32.2. The molecule has 3 nitrogen and oxygen atoms in total. The Bertz CT molecular complexity index is 767. The normalized spacial score (nSPS) is 17.7. The van der Waals surface area contributed by atoms with Crippen molar-refractivity contribution < 1.29 is 18.3 Å². The van der Waals surface area contributed by atoms with Crippen molar-refractivity contribution >= 4 is 17.7 Å². The standard InChI is InChI=1S/C20H21F2NO2S/c1-25-16-5-2-14(3-6-16)12-20(24)23-9-8-19(26-11-10-23)17-13-15(21)4-7-18(17)22/h2-7,13,19H,8-12H2,1H3. The summed E-state index contributed by atoms with van der Waals surface area (Å²) in [6, 6.07) is 11.0. The summed E-state index contributed by atoms with van der Waals surface area (Å²) in [6.45, 7) is 1.16. The predicted molar refractivity (Wildman–Crippen MR) is 99.5 cm³/mol. The van der Waals surface area contributed by atoms with Gasteiger partial charge in [-0.3, -0.25) is 4.79 Å². The second-order valence-corrected chi connectivity index (χ2v) is 7.53. The Hall–Kier alpha value is -2.08. The van der Waals surface area contributed by atoms with Gasteiger partial charge in [-0.05, 0) is 42.3 Å². The van der Waals surface area contributed by atoms with Crippen LogP contribution in [0.25, 0.3) is 0 Å². The SMILES string of the molecule is COc1ccc(CC(=O)N2CCSC(c3cc(F)ccc3F)CC2)cc1. The van der Waals surface area contributed by atoms with Gasteiger partial charge in [0.25, 0.3) is 0 Å². The average Bonchev–Trinajstić information content (AvgIpc) is 2.90. The Balaban J connectivity index is 1.62. The summed E-state index contributed by atoms with van der Waals surface area (Å²) in [5.74, 6) is 0.693. The summed E-state index contributed by atoms with van der Waals surface area (Å²) >= 11 is 1.58. The Morgan fingerprint density at radius 3 is 2.69 bits per heavy atom. The Labute approximate surface area is 156 Å². The van der Waals surface area contributed by atoms with Crippen LogP contribution < -0.4 is 4.74 Å². The summed E-state index contributed by atoms with van der Waals surface area (Å²) in [4.78, 5) is 14.4. The van der Waals surface area contributed by atoms with Crippen LogP contribution in [0.15, 0.2) is 42.5 Å². The lowest BCUT2D eigenvalue weighted by Crippen LogP contribution is -2.34. The van der Waals surface area contributed by atoms with E-state index < -0.39 is 5.82 Å². The zero-order chi connectivity index (χ0) is 18.5. The number of thioether (sulfide) groups is 1. The van der Waals surface area contributed by atoms with Gasteiger partial charge in [0, 0.05) is 29.7 Å². The summed E-state index contributed by atoms with van der Waals surface area (Å²) < 4.78 is 32.6. The molecule has 1 aliphatic rings. The topological polar surface area (TPSA) is 29.5 Å². The molecule has 0 saturated carbocycles. The first-order valence-electron chi connectivity index (χ1n) is 8.54. The summed E-state index contributed by atoms with van der Waals surface area (Å²) in [5, 5.41) is -0.135. The van der Waals surface area contributed by atoms with E-state index in [1.807, 2.05) is 29.2 Å². The van der Waals surface area contributed by atoms with E-state index in [0.717, 1.165) is 17.4 Å². The molecule has 0 bridgehead atoms. The lowest BCUT2D eigenvalue weighted by Gasteiger charge is -2.20. The van der Waals surface area contributed by atoms with E-state index in [1.165, 1.54) is 12.1 Å². The van der Waals surface area contributed by atoms with Crippen LogP contribution in [0.3, 0.4) is 0 Å². The van der Waals surface area contributed by atoms with Gasteiger partial charge in [0.15, 0.2) is 0 Å². The lowest BCUT2D eigenvalue weighted by molar-refractivity contribution is -0.130.